The van der Waals surface area contributed by atoms with E-state index in [2.05, 4.69) is 5.32 Å². The zero-order valence-electron chi connectivity index (χ0n) is 10.5. The number of anilines is 2. The Kier molecular flexibility index (Phi) is 4.09. The van der Waals surface area contributed by atoms with Crippen LogP contribution in [0.25, 0.3) is 0 Å². The summed E-state index contributed by atoms with van der Waals surface area (Å²) < 4.78 is 38.5. The summed E-state index contributed by atoms with van der Waals surface area (Å²) in [5.74, 6) is -0.872. The molecule has 0 aliphatic carbocycles. The molecule has 0 aliphatic rings. The minimum atomic E-state index is -4.60. The third-order valence-electron chi connectivity index (χ3n) is 2.74. The molecular weight excluding hydrogens is 305 g/mol. The second-order valence-electron chi connectivity index (χ2n) is 4.23. The Morgan fingerprint density at radius 1 is 1.14 bits per heavy atom. The first-order valence-corrected chi connectivity index (χ1v) is 6.19. The van der Waals surface area contributed by atoms with Gasteiger partial charge in [0, 0.05) is 5.69 Å². The van der Waals surface area contributed by atoms with Crippen molar-refractivity contribution < 1.29 is 18.0 Å². The molecular formula is C14H10ClF3N2O. The summed E-state index contributed by atoms with van der Waals surface area (Å²) in [6.45, 7) is 0. The summed E-state index contributed by atoms with van der Waals surface area (Å²) in [6.07, 6.45) is -4.60. The lowest BCUT2D eigenvalue weighted by atomic mass is 10.1. The molecule has 2 aromatic carbocycles. The SMILES string of the molecule is Nc1ccc(NC(=O)c2ccccc2C(F)(F)F)cc1Cl. The van der Waals surface area contributed by atoms with Gasteiger partial charge in [-0.25, -0.2) is 0 Å². The van der Waals surface area contributed by atoms with E-state index < -0.39 is 23.2 Å². The highest BCUT2D eigenvalue weighted by Gasteiger charge is 2.34. The van der Waals surface area contributed by atoms with Gasteiger partial charge in [-0.1, -0.05) is 23.7 Å². The summed E-state index contributed by atoms with van der Waals surface area (Å²) in [7, 11) is 0. The van der Waals surface area contributed by atoms with Gasteiger partial charge in [-0.3, -0.25) is 4.79 Å². The average molecular weight is 315 g/mol. The molecule has 0 heterocycles. The fraction of sp³-hybridized carbons (Fsp3) is 0.0714. The van der Waals surface area contributed by atoms with Gasteiger partial charge in [-0.05, 0) is 30.3 Å². The zero-order valence-corrected chi connectivity index (χ0v) is 11.3. The van der Waals surface area contributed by atoms with Crippen LogP contribution in [0.2, 0.25) is 5.02 Å². The quantitative estimate of drug-likeness (QED) is 0.816. The lowest BCUT2D eigenvalue weighted by Crippen LogP contribution is -2.18. The molecule has 3 nitrogen and oxygen atoms in total. The summed E-state index contributed by atoms with van der Waals surface area (Å²) in [5, 5.41) is 2.57. The Labute approximate surface area is 123 Å². The van der Waals surface area contributed by atoms with Crippen molar-refractivity contribution in [3.63, 3.8) is 0 Å². The first kappa shape index (κ1) is 15.2. The molecule has 110 valence electrons. The van der Waals surface area contributed by atoms with Crippen LogP contribution in [0.1, 0.15) is 15.9 Å². The van der Waals surface area contributed by atoms with Gasteiger partial charge >= 0.3 is 6.18 Å². The van der Waals surface area contributed by atoms with Gasteiger partial charge in [-0.2, -0.15) is 13.2 Å². The molecule has 2 rings (SSSR count). The number of nitrogens with two attached hydrogens (primary N) is 1. The van der Waals surface area contributed by atoms with Crippen LogP contribution in [0.5, 0.6) is 0 Å². The normalized spacial score (nSPS) is 11.2. The predicted molar refractivity (Wildman–Crippen MR) is 75.3 cm³/mol. The molecule has 1 amide bonds. The first-order chi connectivity index (χ1) is 9.79. The lowest BCUT2D eigenvalue weighted by Gasteiger charge is -2.13. The number of halogens is 4. The molecule has 0 unspecified atom stereocenters. The number of benzene rings is 2. The maximum Gasteiger partial charge on any atom is 0.417 e. The fourth-order valence-corrected chi connectivity index (χ4v) is 1.91. The van der Waals surface area contributed by atoms with Crippen LogP contribution in [0.4, 0.5) is 24.5 Å². The molecule has 0 saturated carbocycles. The second kappa shape index (κ2) is 5.65. The number of hydrogen-bond acceptors (Lipinski definition) is 2. The highest BCUT2D eigenvalue weighted by atomic mass is 35.5. The number of carbonyl (C=O) groups is 1. The van der Waals surface area contributed by atoms with Crippen molar-refractivity contribution in [3.05, 3.63) is 58.6 Å². The van der Waals surface area contributed by atoms with Crippen LogP contribution in [-0.4, -0.2) is 5.91 Å². The Morgan fingerprint density at radius 2 is 1.81 bits per heavy atom. The molecule has 0 aromatic heterocycles. The number of nitrogens with one attached hydrogen (secondary N) is 1. The van der Waals surface area contributed by atoms with Gasteiger partial charge in [0.05, 0.1) is 21.8 Å². The minimum Gasteiger partial charge on any atom is -0.398 e. The van der Waals surface area contributed by atoms with Crippen LogP contribution in [0.15, 0.2) is 42.5 Å². The van der Waals surface area contributed by atoms with Gasteiger partial charge in [0.2, 0.25) is 0 Å². The molecule has 0 spiro atoms. The highest BCUT2D eigenvalue weighted by Crippen LogP contribution is 2.32. The van der Waals surface area contributed by atoms with E-state index in [1.165, 1.54) is 30.3 Å². The number of hydrogen-bond donors (Lipinski definition) is 2. The van der Waals surface area contributed by atoms with Crippen LogP contribution in [0.3, 0.4) is 0 Å². The molecule has 0 saturated heterocycles. The van der Waals surface area contributed by atoms with Crippen molar-refractivity contribution in [1.29, 1.82) is 0 Å². The lowest BCUT2D eigenvalue weighted by molar-refractivity contribution is -0.137. The minimum absolute atomic E-state index is 0.205. The monoisotopic (exact) mass is 314 g/mol. The van der Waals surface area contributed by atoms with Crippen molar-refractivity contribution in [1.82, 2.24) is 0 Å². The fourth-order valence-electron chi connectivity index (χ4n) is 1.73. The van der Waals surface area contributed by atoms with E-state index >= 15 is 0 Å². The average Bonchev–Trinajstić information content (AvgIpc) is 2.42. The Morgan fingerprint density at radius 3 is 2.43 bits per heavy atom. The first-order valence-electron chi connectivity index (χ1n) is 5.81. The summed E-state index contributed by atoms with van der Waals surface area (Å²) in [4.78, 5) is 12.0. The third kappa shape index (κ3) is 3.46. The van der Waals surface area contributed by atoms with Crippen molar-refractivity contribution >= 4 is 28.9 Å². The molecule has 0 atom stereocenters. The number of carbonyl (C=O) groups excluding carboxylic acids is 1. The summed E-state index contributed by atoms with van der Waals surface area (Å²) >= 11 is 5.79. The highest BCUT2D eigenvalue weighted by molar-refractivity contribution is 6.33. The second-order valence-corrected chi connectivity index (χ2v) is 4.64. The van der Waals surface area contributed by atoms with E-state index in [1.807, 2.05) is 0 Å². The maximum absolute atomic E-state index is 12.8. The molecule has 3 N–H and O–H groups in total. The van der Waals surface area contributed by atoms with Gasteiger partial charge in [0.15, 0.2) is 0 Å². The van der Waals surface area contributed by atoms with Crippen LogP contribution < -0.4 is 11.1 Å². The van der Waals surface area contributed by atoms with E-state index in [9.17, 15) is 18.0 Å². The Bertz CT molecular complexity index is 686. The molecule has 0 radical (unpaired) electrons. The van der Waals surface area contributed by atoms with Gasteiger partial charge < -0.3 is 11.1 Å². The van der Waals surface area contributed by atoms with E-state index in [4.69, 9.17) is 17.3 Å². The number of rotatable bonds is 2. The standard InChI is InChI=1S/C14H10ClF3N2O/c15-11-7-8(5-6-12(11)19)20-13(21)9-3-1-2-4-10(9)14(16,17)18/h1-7H,19H2,(H,20,21). The maximum atomic E-state index is 12.8. The van der Waals surface area contributed by atoms with Crippen LogP contribution >= 0.6 is 11.6 Å². The Balaban J connectivity index is 2.31. The molecule has 2 aromatic rings. The number of nitrogen functional groups attached to an aromatic ring is 1. The van der Waals surface area contributed by atoms with E-state index in [1.54, 1.807) is 0 Å². The number of alkyl halides is 3. The summed E-state index contributed by atoms with van der Waals surface area (Å²) in [5.41, 5.74) is 4.63. The van der Waals surface area contributed by atoms with Crippen molar-refractivity contribution in [2.75, 3.05) is 11.1 Å². The van der Waals surface area contributed by atoms with Crippen LogP contribution in [0, 0.1) is 0 Å². The van der Waals surface area contributed by atoms with E-state index in [-0.39, 0.29) is 10.7 Å². The molecule has 0 aliphatic heterocycles. The van der Waals surface area contributed by atoms with Gasteiger partial charge in [0.1, 0.15) is 0 Å². The smallest absolute Gasteiger partial charge is 0.398 e. The third-order valence-corrected chi connectivity index (χ3v) is 3.06. The Hall–Kier alpha value is -2.21. The van der Waals surface area contributed by atoms with Gasteiger partial charge in [0.25, 0.3) is 5.91 Å². The molecule has 0 bridgehead atoms. The molecule has 0 fully saturated rings. The molecule has 21 heavy (non-hydrogen) atoms. The largest absolute Gasteiger partial charge is 0.417 e. The molecule has 7 heteroatoms. The topological polar surface area (TPSA) is 55.1 Å². The zero-order chi connectivity index (χ0) is 15.6. The van der Waals surface area contributed by atoms with E-state index in [0.29, 0.717) is 5.69 Å². The van der Waals surface area contributed by atoms with Gasteiger partial charge in [-0.15, -0.1) is 0 Å². The predicted octanol–water partition coefficient (Wildman–Crippen LogP) is 4.19. The summed E-state index contributed by atoms with van der Waals surface area (Å²) in [6, 6.07) is 8.82. The van der Waals surface area contributed by atoms with Crippen molar-refractivity contribution in [2.45, 2.75) is 6.18 Å². The van der Waals surface area contributed by atoms with E-state index in [0.717, 1.165) is 12.1 Å². The van der Waals surface area contributed by atoms with Crippen molar-refractivity contribution in [3.8, 4) is 0 Å². The van der Waals surface area contributed by atoms with Crippen molar-refractivity contribution in [2.24, 2.45) is 0 Å². The van der Waals surface area contributed by atoms with Crippen LogP contribution in [-0.2, 0) is 6.18 Å². The number of amides is 1.